The molecule has 4 N–H and O–H groups in total. The first-order chi connectivity index (χ1) is 6.74. The summed E-state index contributed by atoms with van der Waals surface area (Å²) in [5, 5.41) is 12.3. The van der Waals surface area contributed by atoms with Gasteiger partial charge in [0.25, 0.3) is 0 Å². The van der Waals surface area contributed by atoms with Crippen molar-refractivity contribution in [1.29, 1.82) is 0 Å². The van der Waals surface area contributed by atoms with Crippen molar-refractivity contribution >= 4 is 5.91 Å². The first kappa shape index (κ1) is 11.2. The van der Waals surface area contributed by atoms with E-state index < -0.39 is 6.10 Å². The lowest BCUT2D eigenvalue weighted by Crippen LogP contribution is -2.39. The number of amides is 1. The highest BCUT2D eigenvalue weighted by Gasteiger charge is 2.18. The molecule has 1 aliphatic rings. The fourth-order valence-electron chi connectivity index (χ4n) is 1.60. The maximum Gasteiger partial charge on any atom is 0.233 e. The molecule has 14 heavy (non-hydrogen) atoms. The SMILES string of the molecule is NCC(=O)NC[C@@H](O)[C@@H]1C=CCCC1. The first-order valence-electron chi connectivity index (χ1n) is 5.05. The standard InChI is InChI=1S/C10H18N2O2/c11-6-10(14)12-7-9(13)8-4-2-1-3-5-8/h2,4,8-9,13H,1,3,5-7,11H2,(H,12,14)/t8-,9-/m1/s1. The predicted octanol–water partition coefficient (Wildman–Crippen LogP) is -0.222. The molecule has 1 rings (SSSR count). The van der Waals surface area contributed by atoms with Crippen LogP contribution in [0, 0.1) is 5.92 Å². The lowest BCUT2D eigenvalue weighted by Gasteiger charge is -2.22. The number of aliphatic hydroxyl groups is 1. The molecule has 0 saturated heterocycles. The van der Waals surface area contributed by atoms with Crippen molar-refractivity contribution in [2.24, 2.45) is 11.7 Å². The summed E-state index contributed by atoms with van der Waals surface area (Å²) in [7, 11) is 0. The molecule has 0 aromatic heterocycles. The zero-order valence-electron chi connectivity index (χ0n) is 8.28. The highest BCUT2D eigenvalue weighted by molar-refractivity contribution is 5.77. The molecule has 0 unspecified atom stereocenters. The minimum Gasteiger partial charge on any atom is -0.391 e. The molecule has 0 aromatic carbocycles. The Kier molecular flexibility index (Phi) is 4.62. The van der Waals surface area contributed by atoms with Gasteiger partial charge in [0.2, 0.25) is 5.91 Å². The third kappa shape index (κ3) is 3.47. The van der Waals surface area contributed by atoms with Crippen LogP contribution in [-0.4, -0.2) is 30.2 Å². The highest BCUT2D eigenvalue weighted by Crippen LogP contribution is 2.19. The number of aliphatic hydroxyl groups excluding tert-OH is 1. The molecule has 0 spiro atoms. The minimum absolute atomic E-state index is 0.0206. The van der Waals surface area contributed by atoms with Crippen LogP contribution in [0.5, 0.6) is 0 Å². The van der Waals surface area contributed by atoms with Crippen molar-refractivity contribution in [3.63, 3.8) is 0 Å². The van der Waals surface area contributed by atoms with E-state index in [1.165, 1.54) is 0 Å². The summed E-state index contributed by atoms with van der Waals surface area (Å²) in [6.45, 7) is 0.276. The third-order valence-corrected chi connectivity index (χ3v) is 2.48. The summed E-state index contributed by atoms with van der Waals surface area (Å²) >= 11 is 0. The summed E-state index contributed by atoms with van der Waals surface area (Å²) in [5.41, 5.74) is 5.13. The number of rotatable bonds is 4. The van der Waals surface area contributed by atoms with Gasteiger partial charge >= 0.3 is 0 Å². The second-order valence-corrected chi connectivity index (χ2v) is 3.60. The van der Waals surface area contributed by atoms with E-state index in [2.05, 4.69) is 11.4 Å². The Morgan fingerprint density at radius 3 is 3.07 bits per heavy atom. The van der Waals surface area contributed by atoms with E-state index in [0.717, 1.165) is 19.3 Å². The summed E-state index contributed by atoms with van der Waals surface area (Å²) in [6.07, 6.45) is 6.84. The molecule has 0 radical (unpaired) electrons. The van der Waals surface area contributed by atoms with Gasteiger partial charge in [0, 0.05) is 12.5 Å². The van der Waals surface area contributed by atoms with Crippen molar-refractivity contribution in [2.75, 3.05) is 13.1 Å². The van der Waals surface area contributed by atoms with Gasteiger partial charge in [0.15, 0.2) is 0 Å². The molecule has 0 aromatic rings. The molecule has 0 aliphatic heterocycles. The third-order valence-electron chi connectivity index (χ3n) is 2.48. The molecule has 1 aliphatic carbocycles. The summed E-state index contributed by atoms with van der Waals surface area (Å²) in [4.78, 5) is 10.8. The Morgan fingerprint density at radius 2 is 2.50 bits per heavy atom. The molecule has 80 valence electrons. The van der Waals surface area contributed by atoms with Gasteiger partial charge in [-0.15, -0.1) is 0 Å². The van der Waals surface area contributed by atoms with E-state index in [1.807, 2.05) is 6.08 Å². The molecule has 4 heteroatoms. The van der Waals surface area contributed by atoms with Crippen LogP contribution in [0.3, 0.4) is 0 Å². The van der Waals surface area contributed by atoms with Crippen LogP contribution in [-0.2, 0) is 4.79 Å². The lowest BCUT2D eigenvalue weighted by atomic mass is 9.91. The summed E-state index contributed by atoms with van der Waals surface area (Å²) < 4.78 is 0. The highest BCUT2D eigenvalue weighted by atomic mass is 16.3. The number of hydrogen-bond donors (Lipinski definition) is 3. The van der Waals surface area contributed by atoms with Crippen LogP contribution >= 0.6 is 0 Å². The summed E-state index contributed by atoms with van der Waals surface area (Å²) in [6, 6.07) is 0. The zero-order valence-corrected chi connectivity index (χ0v) is 8.28. The van der Waals surface area contributed by atoms with Crippen LogP contribution in [0.1, 0.15) is 19.3 Å². The van der Waals surface area contributed by atoms with E-state index in [1.54, 1.807) is 0 Å². The average molecular weight is 198 g/mol. The molecular weight excluding hydrogens is 180 g/mol. The smallest absolute Gasteiger partial charge is 0.233 e. The Hall–Kier alpha value is -0.870. The Morgan fingerprint density at radius 1 is 1.71 bits per heavy atom. The van der Waals surface area contributed by atoms with Gasteiger partial charge in [0.1, 0.15) is 0 Å². The van der Waals surface area contributed by atoms with Gasteiger partial charge in [-0.1, -0.05) is 12.2 Å². The molecular formula is C10H18N2O2. The van der Waals surface area contributed by atoms with E-state index in [0.29, 0.717) is 6.54 Å². The predicted molar refractivity (Wildman–Crippen MR) is 54.6 cm³/mol. The monoisotopic (exact) mass is 198 g/mol. The first-order valence-corrected chi connectivity index (χ1v) is 5.05. The molecule has 0 fully saturated rings. The number of nitrogens with two attached hydrogens (primary N) is 1. The van der Waals surface area contributed by atoms with Gasteiger partial charge in [-0.25, -0.2) is 0 Å². The Labute approximate surface area is 84.2 Å². The molecule has 0 saturated carbocycles. The number of carbonyl (C=O) groups is 1. The van der Waals surface area contributed by atoms with Crippen molar-refractivity contribution in [1.82, 2.24) is 5.32 Å². The fraction of sp³-hybridized carbons (Fsp3) is 0.700. The van der Waals surface area contributed by atoms with E-state index in [4.69, 9.17) is 5.73 Å². The number of hydrogen-bond acceptors (Lipinski definition) is 3. The lowest BCUT2D eigenvalue weighted by molar-refractivity contribution is -0.120. The molecule has 2 atom stereocenters. The summed E-state index contributed by atoms with van der Waals surface area (Å²) in [5.74, 6) is -0.0364. The topological polar surface area (TPSA) is 75.4 Å². The number of carbonyl (C=O) groups excluding carboxylic acids is 1. The second-order valence-electron chi connectivity index (χ2n) is 3.60. The minimum atomic E-state index is -0.484. The quantitative estimate of drug-likeness (QED) is 0.547. The number of allylic oxidation sites excluding steroid dienone is 1. The van der Waals surface area contributed by atoms with E-state index in [9.17, 15) is 9.90 Å². The average Bonchev–Trinajstić information content (AvgIpc) is 2.26. The van der Waals surface area contributed by atoms with Crippen LogP contribution < -0.4 is 11.1 Å². The largest absolute Gasteiger partial charge is 0.391 e. The van der Waals surface area contributed by atoms with Crippen LogP contribution in [0.2, 0.25) is 0 Å². The zero-order chi connectivity index (χ0) is 10.4. The Bertz CT molecular complexity index is 216. The molecule has 4 nitrogen and oxygen atoms in total. The van der Waals surface area contributed by atoms with Crippen LogP contribution in [0.4, 0.5) is 0 Å². The van der Waals surface area contributed by atoms with Gasteiger partial charge in [-0.2, -0.15) is 0 Å². The van der Waals surface area contributed by atoms with E-state index >= 15 is 0 Å². The van der Waals surface area contributed by atoms with E-state index in [-0.39, 0.29) is 18.4 Å². The van der Waals surface area contributed by atoms with Crippen molar-refractivity contribution in [3.05, 3.63) is 12.2 Å². The molecule has 0 heterocycles. The van der Waals surface area contributed by atoms with Crippen LogP contribution in [0.25, 0.3) is 0 Å². The van der Waals surface area contributed by atoms with Crippen LogP contribution in [0.15, 0.2) is 12.2 Å². The molecule has 0 bridgehead atoms. The maximum absolute atomic E-state index is 10.8. The normalized spacial score (nSPS) is 23.1. The van der Waals surface area contributed by atoms with Gasteiger partial charge in [0.05, 0.1) is 12.6 Å². The fourth-order valence-corrected chi connectivity index (χ4v) is 1.60. The molecule has 1 amide bonds. The number of nitrogens with one attached hydrogen (secondary N) is 1. The van der Waals surface area contributed by atoms with Gasteiger partial charge in [-0.3, -0.25) is 4.79 Å². The van der Waals surface area contributed by atoms with Gasteiger partial charge < -0.3 is 16.2 Å². The Balaban J connectivity index is 2.26. The van der Waals surface area contributed by atoms with Gasteiger partial charge in [-0.05, 0) is 19.3 Å². The van der Waals surface area contributed by atoms with Crippen molar-refractivity contribution in [2.45, 2.75) is 25.4 Å². The maximum atomic E-state index is 10.8. The second kappa shape index (κ2) is 5.78. The van der Waals surface area contributed by atoms with Crippen molar-refractivity contribution in [3.8, 4) is 0 Å². The van der Waals surface area contributed by atoms with Crippen molar-refractivity contribution < 1.29 is 9.90 Å².